The van der Waals surface area contributed by atoms with Crippen LogP contribution >= 0.6 is 11.3 Å². The number of amides is 2. The van der Waals surface area contributed by atoms with Gasteiger partial charge in [0.15, 0.2) is 0 Å². The van der Waals surface area contributed by atoms with E-state index in [9.17, 15) is 9.59 Å². The molecule has 0 aliphatic rings. The average Bonchev–Trinajstić information content (AvgIpc) is 3.51. The zero-order valence-corrected chi connectivity index (χ0v) is 17.6. The van der Waals surface area contributed by atoms with E-state index in [1.807, 2.05) is 70.9 Å². The molecule has 0 aliphatic carbocycles. The zero-order valence-electron chi connectivity index (χ0n) is 16.8. The zero-order chi connectivity index (χ0) is 21.5. The smallest absolute Gasteiger partial charge is 0.261 e. The number of thiophene rings is 1. The number of nitrogens with zero attached hydrogens (tertiary/aromatic N) is 2. The summed E-state index contributed by atoms with van der Waals surface area (Å²) in [4.78, 5) is 25.1. The first kappa shape index (κ1) is 20.6. The second-order valence-corrected chi connectivity index (χ2v) is 7.90. The highest BCUT2D eigenvalue weighted by Gasteiger charge is 2.08. The Bertz CT molecular complexity index is 1140. The number of rotatable bonds is 8. The van der Waals surface area contributed by atoms with Crippen molar-refractivity contribution in [2.75, 3.05) is 6.54 Å². The van der Waals surface area contributed by atoms with Crippen LogP contribution in [0.15, 0.2) is 84.4 Å². The summed E-state index contributed by atoms with van der Waals surface area (Å²) >= 11 is 1.41. The van der Waals surface area contributed by atoms with E-state index in [1.54, 1.807) is 18.2 Å². The number of benzene rings is 2. The molecule has 2 aromatic heterocycles. The van der Waals surface area contributed by atoms with Crippen molar-refractivity contribution in [2.45, 2.75) is 13.0 Å². The molecule has 0 radical (unpaired) electrons. The predicted octanol–water partition coefficient (Wildman–Crippen LogP) is 3.84. The SMILES string of the molecule is O=C(NCCc1ccn(-c2ccccc2)n1)c1ccc(CNC(=O)c2cccs2)cc1. The fourth-order valence-corrected chi connectivity index (χ4v) is 3.72. The van der Waals surface area contributed by atoms with Crippen LogP contribution in [-0.4, -0.2) is 28.1 Å². The summed E-state index contributed by atoms with van der Waals surface area (Å²) in [6, 6.07) is 22.7. The molecule has 0 fully saturated rings. The van der Waals surface area contributed by atoms with E-state index in [2.05, 4.69) is 15.7 Å². The number of carbonyl (C=O) groups is 2. The van der Waals surface area contributed by atoms with Gasteiger partial charge in [-0.15, -0.1) is 11.3 Å². The largest absolute Gasteiger partial charge is 0.352 e. The number of hydrogen-bond acceptors (Lipinski definition) is 4. The lowest BCUT2D eigenvalue weighted by molar-refractivity contribution is 0.0945. The molecule has 0 atom stereocenters. The van der Waals surface area contributed by atoms with Gasteiger partial charge in [0.25, 0.3) is 11.8 Å². The van der Waals surface area contributed by atoms with E-state index in [4.69, 9.17) is 0 Å². The Labute approximate surface area is 184 Å². The molecular formula is C24H22N4O2S. The monoisotopic (exact) mass is 430 g/mol. The summed E-state index contributed by atoms with van der Waals surface area (Å²) in [5, 5.41) is 12.2. The molecule has 0 aliphatic heterocycles. The molecule has 7 heteroatoms. The first-order chi connectivity index (χ1) is 15.2. The molecule has 4 rings (SSSR count). The van der Waals surface area contributed by atoms with Gasteiger partial charge in [0.1, 0.15) is 0 Å². The van der Waals surface area contributed by atoms with E-state index in [1.165, 1.54) is 11.3 Å². The second-order valence-electron chi connectivity index (χ2n) is 6.95. The molecule has 0 unspecified atom stereocenters. The summed E-state index contributed by atoms with van der Waals surface area (Å²) in [6.07, 6.45) is 2.57. The van der Waals surface area contributed by atoms with Crippen molar-refractivity contribution in [1.29, 1.82) is 0 Å². The Hall–Kier alpha value is -3.71. The van der Waals surface area contributed by atoms with E-state index in [0.717, 1.165) is 16.9 Å². The van der Waals surface area contributed by atoms with Gasteiger partial charge in [-0.2, -0.15) is 5.10 Å². The van der Waals surface area contributed by atoms with Crippen LogP contribution in [-0.2, 0) is 13.0 Å². The number of carbonyl (C=O) groups excluding carboxylic acids is 2. The van der Waals surface area contributed by atoms with Gasteiger partial charge in [-0.25, -0.2) is 4.68 Å². The van der Waals surface area contributed by atoms with Gasteiger partial charge in [0, 0.05) is 31.3 Å². The van der Waals surface area contributed by atoms with E-state index in [0.29, 0.717) is 30.0 Å². The fourth-order valence-electron chi connectivity index (χ4n) is 3.08. The predicted molar refractivity (Wildman–Crippen MR) is 122 cm³/mol. The minimum absolute atomic E-state index is 0.0912. The molecule has 6 nitrogen and oxygen atoms in total. The van der Waals surface area contributed by atoms with E-state index < -0.39 is 0 Å². The van der Waals surface area contributed by atoms with Gasteiger partial charge in [-0.05, 0) is 47.3 Å². The van der Waals surface area contributed by atoms with Crippen LogP contribution in [0.3, 0.4) is 0 Å². The molecular weight excluding hydrogens is 408 g/mol. The molecule has 0 saturated heterocycles. The summed E-state index contributed by atoms with van der Waals surface area (Å²) in [7, 11) is 0. The lowest BCUT2D eigenvalue weighted by Crippen LogP contribution is -2.26. The Morgan fingerprint density at radius 3 is 2.42 bits per heavy atom. The van der Waals surface area contributed by atoms with Crippen LogP contribution < -0.4 is 10.6 Å². The fraction of sp³-hybridized carbons (Fsp3) is 0.125. The van der Waals surface area contributed by atoms with Gasteiger partial charge in [0.05, 0.1) is 16.3 Å². The number of aromatic nitrogens is 2. The van der Waals surface area contributed by atoms with Gasteiger partial charge in [-0.1, -0.05) is 36.4 Å². The highest BCUT2D eigenvalue weighted by Crippen LogP contribution is 2.10. The highest BCUT2D eigenvalue weighted by molar-refractivity contribution is 7.12. The maximum Gasteiger partial charge on any atom is 0.261 e. The van der Waals surface area contributed by atoms with Gasteiger partial charge in [0.2, 0.25) is 0 Å². The van der Waals surface area contributed by atoms with Crippen LogP contribution in [0.1, 0.15) is 31.3 Å². The standard InChI is InChI=1S/C24H22N4O2S/c29-23(25-14-12-20-13-15-28(27-20)21-5-2-1-3-6-21)19-10-8-18(9-11-19)17-26-24(30)22-7-4-16-31-22/h1-11,13,15-16H,12,14,17H2,(H,25,29)(H,26,30). The molecule has 0 saturated carbocycles. The van der Waals surface area contributed by atoms with Gasteiger partial charge >= 0.3 is 0 Å². The Morgan fingerprint density at radius 2 is 1.68 bits per heavy atom. The minimum atomic E-state index is -0.128. The maximum absolute atomic E-state index is 12.4. The summed E-state index contributed by atoms with van der Waals surface area (Å²) in [5.41, 5.74) is 3.45. The number of hydrogen-bond donors (Lipinski definition) is 2. The molecule has 2 amide bonds. The molecule has 2 aromatic carbocycles. The van der Waals surface area contributed by atoms with Crippen molar-refractivity contribution in [1.82, 2.24) is 20.4 Å². The first-order valence-electron chi connectivity index (χ1n) is 9.98. The molecule has 2 N–H and O–H groups in total. The Kier molecular flexibility index (Phi) is 6.54. The molecule has 4 aromatic rings. The van der Waals surface area contributed by atoms with Crippen molar-refractivity contribution in [3.63, 3.8) is 0 Å². The van der Waals surface area contributed by atoms with Crippen LogP contribution in [0.5, 0.6) is 0 Å². The third kappa shape index (κ3) is 5.46. The van der Waals surface area contributed by atoms with Crippen molar-refractivity contribution in [3.8, 4) is 5.69 Å². The molecule has 0 spiro atoms. The quantitative estimate of drug-likeness (QED) is 0.446. The minimum Gasteiger partial charge on any atom is -0.352 e. The summed E-state index contributed by atoms with van der Waals surface area (Å²) in [6.45, 7) is 0.923. The normalized spacial score (nSPS) is 10.6. The molecule has 0 bridgehead atoms. The highest BCUT2D eigenvalue weighted by atomic mass is 32.1. The third-order valence-corrected chi connectivity index (χ3v) is 5.61. The van der Waals surface area contributed by atoms with Crippen molar-refractivity contribution in [2.24, 2.45) is 0 Å². The van der Waals surface area contributed by atoms with Crippen LogP contribution in [0.25, 0.3) is 5.69 Å². The van der Waals surface area contributed by atoms with Crippen molar-refractivity contribution in [3.05, 3.63) is 106 Å². The third-order valence-electron chi connectivity index (χ3n) is 4.75. The van der Waals surface area contributed by atoms with Crippen molar-refractivity contribution >= 4 is 23.2 Å². The number of para-hydroxylation sites is 1. The van der Waals surface area contributed by atoms with Gasteiger partial charge in [-0.3, -0.25) is 9.59 Å². The maximum atomic E-state index is 12.4. The van der Waals surface area contributed by atoms with E-state index in [-0.39, 0.29) is 11.8 Å². The van der Waals surface area contributed by atoms with Crippen LogP contribution in [0, 0.1) is 0 Å². The Morgan fingerprint density at radius 1 is 0.871 bits per heavy atom. The number of nitrogens with one attached hydrogen (secondary N) is 2. The molecule has 31 heavy (non-hydrogen) atoms. The van der Waals surface area contributed by atoms with Gasteiger partial charge < -0.3 is 10.6 Å². The topological polar surface area (TPSA) is 76.0 Å². The lowest BCUT2D eigenvalue weighted by Gasteiger charge is -2.07. The van der Waals surface area contributed by atoms with Crippen LogP contribution in [0.2, 0.25) is 0 Å². The first-order valence-corrected chi connectivity index (χ1v) is 10.9. The molecule has 2 heterocycles. The lowest BCUT2D eigenvalue weighted by atomic mass is 10.1. The summed E-state index contributed by atoms with van der Waals surface area (Å²) < 4.78 is 1.83. The Balaban J connectivity index is 1.23. The molecule has 156 valence electrons. The average molecular weight is 431 g/mol. The van der Waals surface area contributed by atoms with Crippen LogP contribution in [0.4, 0.5) is 0 Å². The summed E-state index contributed by atoms with van der Waals surface area (Å²) in [5.74, 6) is -0.219. The van der Waals surface area contributed by atoms with E-state index >= 15 is 0 Å². The second kappa shape index (κ2) is 9.86. The van der Waals surface area contributed by atoms with Crippen molar-refractivity contribution < 1.29 is 9.59 Å².